The van der Waals surface area contributed by atoms with Crippen molar-refractivity contribution in [3.8, 4) is 0 Å². The first-order chi connectivity index (χ1) is 7.96. The summed E-state index contributed by atoms with van der Waals surface area (Å²) in [6.45, 7) is 10.0. The number of nitrogens with one attached hydrogen (secondary N) is 1. The fourth-order valence-electron chi connectivity index (χ4n) is 2.35. The third-order valence-electron chi connectivity index (χ3n) is 3.37. The van der Waals surface area contributed by atoms with E-state index in [9.17, 15) is 0 Å². The van der Waals surface area contributed by atoms with E-state index >= 15 is 0 Å². The van der Waals surface area contributed by atoms with E-state index in [2.05, 4.69) is 71.2 Å². The summed E-state index contributed by atoms with van der Waals surface area (Å²) in [6.07, 6.45) is 0. The molecule has 0 spiro atoms. The average Bonchev–Trinajstić information content (AvgIpc) is 2.23. The Morgan fingerprint density at radius 1 is 1.47 bits per heavy atom. The van der Waals surface area contributed by atoms with Gasteiger partial charge in [-0.1, -0.05) is 28.1 Å². The van der Waals surface area contributed by atoms with Gasteiger partial charge >= 0.3 is 0 Å². The molecule has 1 unspecified atom stereocenters. The molecule has 1 heterocycles. The Bertz CT molecular complexity index is 390. The zero-order chi connectivity index (χ0) is 12.5. The first-order valence-electron chi connectivity index (χ1n) is 6.20. The number of rotatable bonds is 2. The van der Waals surface area contributed by atoms with Crippen LogP contribution >= 0.6 is 15.9 Å². The number of halogens is 1. The van der Waals surface area contributed by atoms with E-state index in [0.717, 1.165) is 24.1 Å². The molecule has 17 heavy (non-hydrogen) atoms. The van der Waals surface area contributed by atoms with Gasteiger partial charge in [0.15, 0.2) is 0 Å². The first-order valence-corrected chi connectivity index (χ1v) is 6.99. The quantitative estimate of drug-likeness (QED) is 0.902. The Hall–Kier alpha value is -0.380. The van der Waals surface area contributed by atoms with E-state index in [-0.39, 0.29) is 5.54 Å². The van der Waals surface area contributed by atoms with Crippen molar-refractivity contribution in [2.24, 2.45) is 0 Å². The van der Waals surface area contributed by atoms with Crippen molar-refractivity contribution in [1.82, 2.24) is 10.2 Å². The lowest BCUT2D eigenvalue weighted by Crippen LogP contribution is -2.60. The Balaban J connectivity index is 2.06. The Morgan fingerprint density at radius 3 is 2.94 bits per heavy atom. The molecule has 1 aromatic carbocycles. The van der Waals surface area contributed by atoms with Crippen molar-refractivity contribution in [3.63, 3.8) is 0 Å². The summed E-state index contributed by atoms with van der Waals surface area (Å²) in [7, 11) is 0. The monoisotopic (exact) mass is 296 g/mol. The van der Waals surface area contributed by atoms with Crippen LogP contribution < -0.4 is 5.32 Å². The molecule has 2 rings (SSSR count). The molecule has 3 heteroatoms. The lowest BCUT2D eigenvalue weighted by atomic mass is 9.98. The third-order valence-corrected chi connectivity index (χ3v) is 3.87. The van der Waals surface area contributed by atoms with Crippen LogP contribution in [0, 0.1) is 0 Å². The van der Waals surface area contributed by atoms with Crippen LogP contribution in [-0.2, 0) is 6.54 Å². The zero-order valence-electron chi connectivity index (χ0n) is 10.8. The van der Waals surface area contributed by atoms with Crippen molar-refractivity contribution in [2.75, 3.05) is 13.1 Å². The van der Waals surface area contributed by atoms with Crippen LogP contribution in [0.1, 0.15) is 26.3 Å². The predicted octanol–water partition coefficient (Wildman–Crippen LogP) is 3.02. The molecular weight excluding hydrogens is 276 g/mol. The van der Waals surface area contributed by atoms with E-state index in [1.807, 2.05) is 0 Å². The van der Waals surface area contributed by atoms with Crippen molar-refractivity contribution >= 4 is 15.9 Å². The van der Waals surface area contributed by atoms with Gasteiger partial charge < -0.3 is 5.32 Å². The molecule has 1 aliphatic rings. The molecule has 0 aliphatic carbocycles. The summed E-state index contributed by atoms with van der Waals surface area (Å²) in [4.78, 5) is 2.55. The SMILES string of the molecule is CC1CNC(C)(C)CN1Cc1cccc(Br)c1. The van der Waals surface area contributed by atoms with E-state index in [1.165, 1.54) is 5.56 Å². The van der Waals surface area contributed by atoms with Crippen LogP contribution in [0.4, 0.5) is 0 Å². The maximum atomic E-state index is 3.58. The molecule has 0 bridgehead atoms. The molecule has 1 aliphatic heterocycles. The van der Waals surface area contributed by atoms with Crippen LogP contribution in [0.3, 0.4) is 0 Å². The highest BCUT2D eigenvalue weighted by atomic mass is 79.9. The highest BCUT2D eigenvalue weighted by Crippen LogP contribution is 2.19. The topological polar surface area (TPSA) is 15.3 Å². The molecule has 1 atom stereocenters. The standard InChI is InChI=1S/C14H21BrN2/c1-11-8-16-14(2,3)10-17(11)9-12-5-4-6-13(15)7-12/h4-7,11,16H,8-10H2,1-3H3. The average molecular weight is 297 g/mol. The van der Waals surface area contributed by atoms with E-state index in [4.69, 9.17) is 0 Å². The molecule has 1 fully saturated rings. The van der Waals surface area contributed by atoms with Crippen LogP contribution in [0.15, 0.2) is 28.7 Å². The molecule has 0 amide bonds. The smallest absolute Gasteiger partial charge is 0.0253 e. The summed E-state index contributed by atoms with van der Waals surface area (Å²) in [6, 6.07) is 9.20. The lowest BCUT2D eigenvalue weighted by Gasteiger charge is -2.43. The molecule has 0 aromatic heterocycles. The van der Waals surface area contributed by atoms with E-state index in [0.29, 0.717) is 6.04 Å². The van der Waals surface area contributed by atoms with Gasteiger partial charge in [0.25, 0.3) is 0 Å². The van der Waals surface area contributed by atoms with Gasteiger partial charge in [-0.25, -0.2) is 0 Å². The van der Waals surface area contributed by atoms with Gasteiger partial charge in [-0.2, -0.15) is 0 Å². The number of nitrogens with zero attached hydrogens (tertiary/aromatic N) is 1. The normalized spacial score (nSPS) is 24.8. The Kier molecular flexibility index (Phi) is 3.91. The Morgan fingerprint density at radius 2 is 2.24 bits per heavy atom. The van der Waals surface area contributed by atoms with Gasteiger partial charge in [-0.3, -0.25) is 4.90 Å². The van der Waals surface area contributed by atoms with Crippen molar-refractivity contribution in [1.29, 1.82) is 0 Å². The largest absolute Gasteiger partial charge is 0.309 e. The van der Waals surface area contributed by atoms with Gasteiger partial charge in [0.1, 0.15) is 0 Å². The van der Waals surface area contributed by atoms with E-state index < -0.39 is 0 Å². The lowest BCUT2D eigenvalue weighted by molar-refractivity contribution is 0.0977. The fraction of sp³-hybridized carbons (Fsp3) is 0.571. The molecule has 1 saturated heterocycles. The third kappa shape index (κ3) is 3.54. The summed E-state index contributed by atoms with van der Waals surface area (Å²) in [5.74, 6) is 0. The van der Waals surface area contributed by atoms with Crippen molar-refractivity contribution in [2.45, 2.75) is 38.9 Å². The predicted molar refractivity (Wildman–Crippen MR) is 76.1 cm³/mol. The maximum absolute atomic E-state index is 3.58. The molecule has 0 saturated carbocycles. The van der Waals surface area contributed by atoms with Crippen LogP contribution in [-0.4, -0.2) is 29.6 Å². The van der Waals surface area contributed by atoms with Crippen molar-refractivity contribution < 1.29 is 0 Å². The van der Waals surface area contributed by atoms with Gasteiger partial charge in [-0.05, 0) is 38.5 Å². The summed E-state index contributed by atoms with van der Waals surface area (Å²) in [5.41, 5.74) is 1.60. The Labute approximate surface area is 113 Å². The van der Waals surface area contributed by atoms with Crippen LogP contribution in [0.5, 0.6) is 0 Å². The molecule has 0 radical (unpaired) electrons. The van der Waals surface area contributed by atoms with Gasteiger partial charge in [0.05, 0.1) is 0 Å². The molecular formula is C14H21BrN2. The van der Waals surface area contributed by atoms with Gasteiger partial charge in [-0.15, -0.1) is 0 Å². The second-order valence-electron chi connectivity index (χ2n) is 5.65. The number of hydrogen-bond donors (Lipinski definition) is 1. The molecule has 1 aromatic rings. The summed E-state index contributed by atoms with van der Waals surface area (Å²) >= 11 is 3.53. The minimum atomic E-state index is 0.221. The van der Waals surface area contributed by atoms with Crippen LogP contribution in [0.25, 0.3) is 0 Å². The molecule has 2 nitrogen and oxygen atoms in total. The highest BCUT2D eigenvalue weighted by Gasteiger charge is 2.29. The summed E-state index contributed by atoms with van der Waals surface area (Å²) in [5, 5.41) is 3.58. The first kappa shape index (κ1) is 13.1. The number of benzene rings is 1. The van der Waals surface area contributed by atoms with Gasteiger partial charge in [0.2, 0.25) is 0 Å². The molecule has 1 N–H and O–H groups in total. The minimum absolute atomic E-state index is 0.221. The second-order valence-corrected chi connectivity index (χ2v) is 6.56. The van der Waals surface area contributed by atoms with E-state index in [1.54, 1.807) is 0 Å². The zero-order valence-corrected chi connectivity index (χ0v) is 12.4. The second kappa shape index (κ2) is 5.09. The minimum Gasteiger partial charge on any atom is -0.309 e. The number of piperazine rings is 1. The summed E-state index contributed by atoms with van der Waals surface area (Å²) < 4.78 is 1.16. The van der Waals surface area contributed by atoms with Crippen LogP contribution in [0.2, 0.25) is 0 Å². The van der Waals surface area contributed by atoms with Gasteiger partial charge in [0, 0.05) is 35.7 Å². The number of hydrogen-bond acceptors (Lipinski definition) is 2. The van der Waals surface area contributed by atoms with Crippen molar-refractivity contribution in [3.05, 3.63) is 34.3 Å². The fourth-order valence-corrected chi connectivity index (χ4v) is 2.80. The maximum Gasteiger partial charge on any atom is 0.0253 e. The molecule has 94 valence electrons. The highest BCUT2D eigenvalue weighted by molar-refractivity contribution is 9.10.